The van der Waals surface area contributed by atoms with Crippen LogP contribution in [0.4, 0.5) is 5.69 Å². The number of carbonyl (C=O) groups excluding carboxylic acids is 1. The van der Waals surface area contributed by atoms with E-state index in [1.54, 1.807) is 0 Å². The van der Waals surface area contributed by atoms with E-state index < -0.39 is 0 Å². The van der Waals surface area contributed by atoms with Gasteiger partial charge in [0.25, 0.3) is 0 Å². The van der Waals surface area contributed by atoms with Gasteiger partial charge in [-0.05, 0) is 56.8 Å². The van der Waals surface area contributed by atoms with Crippen LogP contribution in [0.15, 0.2) is 24.3 Å². The van der Waals surface area contributed by atoms with E-state index in [4.69, 9.17) is 0 Å². The molecule has 0 aromatic heterocycles. The van der Waals surface area contributed by atoms with Gasteiger partial charge < -0.3 is 15.5 Å². The first-order chi connectivity index (χ1) is 10.7. The van der Waals surface area contributed by atoms with E-state index in [2.05, 4.69) is 46.7 Å². The van der Waals surface area contributed by atoms with E-state index in [-0.39, 0.29) is 17.9 Å². The van der Waals surface area contributed by atoms with Gasteiger partial charge in [0.2, 0.25) is 5.91 Å². The third-order valence-corrected chi connectivity index (χ3v) is 4.87. The summed E-state index contributed by atoms with van der Waals surface area (Å²) in [6.45, 7) is 6.23. The van der Waals surface area contributed by atoms with Crippen LogP contribution in [0.3, 0.4) is 0 Å². The third-order valence-electron chi connectivity index (χ3n) is 4.87. The van der Waals surface area contributed by atoms with Gasteiger partial charge in [-0.15, -0.1) is 0 Å². The predicted octanol–water partition coefficient (Wildman–Crippen LogP) is 2.46. The largest absolute Gasteiger partial charge is 0.372 e. The van der Waals surface area contributed by atoms with Crippen LogP contribution in [0.2, 0.25) is 0 Å². The van der Waals surface area contributed by atoms with Gasteiger partial charge in [0.1, 0.15) is 0 Å². The number of piperidine rings is 1. The molecule has 4 heteroatoms. The minimum absolute atomic E-state index is 0.0666. The molecule has 2 heterocycles. The first-order valence-electron chi connectivity index (χ1n) is 8.60. The summed E-state index contributed by atoms with van der Waals surface area (Å²) in [4.78, 5) is 14.8. The molecular formula is C18H27N3O. The van der Waals surface area contributed by atoms with Crippen molar-refractivity contribution in [2.24, 2.45) is 5.92 Å². The zero-order valence-corrected chi connectivity index (χ0v) is 13.5. The normalized spacial score (nSPS) is 23.3. The van der Waals surface area contributed by atoms with Gasteiger partial charge in [0.15, 0.2) is 0 Å². The fourth-order valence-electron chi connectivity index (χ4n) is 3.46. The number of anilines is 1. The van der Waals surface area contributed by atoms with Crippen molar-refractivity contribution in [3.05, 3.63) is 29.8 Å². The molecule has 0 radical (unpaired) electrons. The summed E-state index contributed by atoms with van der Waals surface area (Å²) in [7, 11) is 0. The number of rotatable bonds is 4. The minimum atomic E-state index is 0.0666. The van der Waals surface area contributed by atoms with Gasteiger partial charge in [0, 0.05) is 25.3 Å². The number of hydrogen-bond acceptors (Lipinski definition) is 3. The maximum atomic E-state index is 12.4. The highest BCUT2D eigenvalue weighted by Gasteiger charge is 2.22. The second-order valence-electron chi connectivity index (χ2n) is 6.56. The summed E-state index contributed by atoms with van der Waals surface area (Å²) in [6, 6.07) is 8.69. The number of hydrogen-bond donors (Lipinski definition) is 2. The number of nitrogens with zero attached hydrogens (tertiary/aromatic N) is 1. The van der Waals surface area contributed by atoms with Crippen molar-refractivity contribution >= 4 is 11.6 Å². The molecule has 1 aromatic carbocycles. The molecule has 0 aliphatic carbocycles. The molecule has 0 saturated carbocycles. The van der Waals surface area contributed by atoms with Crippen LogP contribution in [0, 0.1) is 5.92 Å². The van der Waals surface area contributed by atoms with Crippen LogP contribution in [-0.2, 0) is 4.79 Å². The lowest BCUT2D eigenvalue weighted by Gasteiger charge is -2.25. The lowest BCUT2D eigenvalue weighted by Crippen LogP contribution is -2.41. The molecule has 0 spiro atoms. The fraction of sp³-hybridized carbons (Fsp3) is 0.611. The standard InChI is InChI=1S/C18H27N3O/c1-14(20-18(22)16-7-5-9-19-13-16)15-6-4-8-17(12-15)21-10-2-3-11-21/h4,6,8,12,14,16,19H,2-3,5,7,9-11,13H2,1H3,(H,20,22). The van der Waals surface area contributed by atoms with Crippen molar-refractivity contribution in [1.82, 2.24) is 10.6 Å². The van der Waals surface area contributed by atoms with Crippen LogP contribution in [0.25, 0.3) is 0 Å². The molecular weight excluding hydrogens is 274 g/mol. The molecule has 4 nitrogen and oxygen atoms in total. The van der Waals surface area contributed by atoms with Crippen LogP contribution < -0.4 is 15.5 Å². The Hall–Kier alpha value is -1.55. The lowest BCUT2D eigenvalue weighted by atomic mass is 9.98. The van der Waals surface area contributed by atoms with E-state index in [1.165, 1.54) is 24.1 Å². The zero-order chi connectivity index (χ0) is 15.4. The molecule has 2 aliphatic heterocycles. The van der Waals surface area contributed by atoms with E-state index in [0.717, 1.165) is 39.0 Å². The van der Waals surface area contributed by atoms with Crippen molar-refractivity contribution in [3.63, 3.8) is 0 Å². The van der Waals surface area contributed by atoms with Crippen LogP contribution >= 0.6 is 0 Å². The van der Waals surface area contributed by atoms with Crippen molar-refractivity contribution in [2.45, 2.75) is 38.6 Å². The molecule has 2 N–H and O–H groups in total. The molecule has 2 saturated heterocycles. The first kappa shape index (κ1) is 15.3. The Kier molecular flexibility index (Phi) is 4.98. The van der Waals surface area contributed by atoms with Gasteiger partial charge >= 0.3 is 0 Å². The molecule has 120 valence electrons. The summed E-state index contributed by atoms with van der Waals surface area (Å²) in [6.07, 6.45) is 4.66. The average Bonchev–Trinajstić information content (AvgIpc) is 3.10. The fourth-order valence-corrected chi connectivity index (χ4v) is 3.46. The Labute approximate surface area is 133 Å². The van der Waals surface area contributed by atoms with Crippen molar-refractivity contribution in [3.8, 4) is 0 Å². The second kappa shape index (κ2) is 7.14. The van der Waals surface area contributed by atoms with Gasteiger partial charge in [-0.2, -0.15) is 0 Å². The van der Waals surface area contributed by atoms with Gasteiger partial charge in [-0.3, -0.25) is 4.79 Å². The topological polar surface area (TPSA) is 44.4 Å². The quantitative estimate of drug-likeness (QED) is 0.898. The molecule has 1 amide bonds. The molecule has 2 atom stereocenters. The Balaban J connectivity index is 1.62. The molecule has 2 fully saturated rings. The number of amides is 1. The van der Waals surface area contributed by atoms with Gasteiger partial charge in [-0.1, -0.05) is 12.1 Å². The predicted molar refractivity (Wildman–Crippen MR) is 90.0 cm³/mol. The van der Waals surface area contributed by atoms with E-state index in [0.29, 0.717) is 0 Å². The summed E-state index contributed by atoms with van der Waals surface area (Å²) in [5.41, 5.74) is 2.48. The summed E-state index contributed by atoms with van der Waals surface area (Å²) in [5, 5.41) is 6.49. The summed E-state index contributed by atoms with van der Waals surface area (Å²) in [5.74, 6) is 0.309. The lowest BCUT2D eigenvalue weighted by molar-refractivity contribution is -0.126. The van der Waals surface area contributed by atoms with Crippen LogP contribution in [-0.4, -0.2) is 32.1 Å². The molecule has 2 unspecified atom stereocenters. The highest BCUT2D eigenvalue weighted by Crippen LogP contribution is 2.24. The van der Waals surface area contributed by atoms with E-state index in [9.17, 15) is 4.79 Å². The first-order valence-corrected chi connectivity index (χ1v) is 8.60. The van der Waals surface area contributed by atoms with Crippen molar-refractivity contribution in [1.29, 1.82) is 0 Å². The zero-order valence-electron chi connectivity index (χ0n) is 13.5. The maximum absolute atomic E-state index is 12.4. The highest BCUT2D eigenvalue weighted by atomic mass is 16.2. The summed E-state index contributed by atoms with van der Waals surface area (Å²) < 4.78 is 0. The van der Waals surface area contributed by atoms with Crippen molar-refractivity contribution < 1.29 is 4.79 Å². The smallest absolute Gasteiger partial charge is 0.224 e. The third kappa shape index (κ3) is 3.61. The van der Waals surface area contributed by atoms with Gasteiger partial charge in [0.05, 0.1) is 12.0 Å². The SMILES string of the molecule is CC(NC(=O)C1CCCNC1)c1cccc(N2CCCC2)c1. The molecule has 3 rings (SSSR count). The van der Waals surface area contributed by atoms with Gasteiger partial charge in [-0.25, -0.2) is 0 Å². The second-order valence-corrected chi connectivity index (χ2v) is 6.56. The molecule has 1 aromatic rings. The molecule has 22 heavy (non-hydrogen) atoms. The Morgan fingerprint density at radius 2 is 2.14 bits per heavy atom. The Morgan fingerprint density at radius 3 is 2.86 bits per heavy atom. The average molecular weight is 301 g/mol. The maximum Gasteiger partial charge on any atom is 0.224 e. The van der Waals surface area contributed by atoms with Crippen LogP contribution in [0.1, 0.15) is 44.2 Å². The van der Waals surface area contributed by atoms with E-state index >= 15 is 0 Å². The monoisotopic (exact) mass is 301 g/mol. The number of benzene rings is 1. The highest BCUT2D eigenvalue weighted by molar-refractivity contribution is 5.79. The molecule has 2 aliphatic rings. The number of carbonyl (C=O) groups is 1. The number of nitrogens with one attached hydrogen (secondary N) is 2. The Bertz CT molecular complexity index is 505. The van der Waals surface area contributed by atoms with Crippen molar-refractivity contribution in [2.75, 3.05) is 31.1 Å². The summed E-state index contributed by atoms with van der Waals surface area (Å²) >= 11 is 0. The van der Waals surface area contributed by atoms with E-state index in [1.807, 2.05) is 0 Å². The molecule has 0 bridgehead atoms. The van der Waals surface area contributed by atoms with Crippen LogP contribution in [0.5, 0.6) is 0 Å². The Morgan fingerprint density at radius 1 is 1.32 bits per heavy atom. The minimum Gasteiger partial charge on any atom is -0.372 e.